The summed E-state index contributed by atoms with van der Waals surface area (Å²) in [6.45, 7) is 9.56. The van der Waals surface area contributed by atoms with Gasteiger partial charge in [-0.15, -0.1) is 0 Å². The maximum Gasteiger partial charge on any atom is 0.0718 e. The van der Waals surface area contributed by atoms with Gasteiger partial charge in [0.05, 0.1) is 5.60 Å². The molecular weight excluding hydrogens is 260 g/mol. The molecule has 1 aliphatic rings. The average molecular weight is 283 g/mol. The molecule has 1 aromatic rings. The van der Waals surface area contributed by atoms with E-state index in [1.807, 2.05) is 32.0 Å². The van der Waals surface area contributed by atoms with Crippen LogP contribution in [-0.4, -0.2) is 53.2 Å². The maximum absolute atomic E-state index is 9.83. The van der Waals surface area contributed by atoms with Gasteiger partial charge in [-0.2, -0.15) is 0 Å². The van der Waals surface area contributed by atoms with E-state index in [-0.39, 0.29) is 0 Å². The summed E-state index contributed by atoms with van der Waals surface area (Å²) in [6.07, 6.45) is 0. The molecule has 4 heteroatoms. The van der Waals surface area contributed by atoms with Gasteiger partial charge in [0.25, 0.3) is 0 Å². The van der Waals surface area contributed by atoms with E-state index >= 15 is 0 Å². The number of benzene rings is 1. The lowest BCUT2D eigenvalue weighted by molar-refractivity contribution is 0.0167. The van der Waals surface area contributed by atoms with E-state index in [2.05, 4.69) is 15.9 Å². The first-order valence-corrected chi connectivity index (χ1v) is 7.22. The second-order valence-electron chi connectivity index (χ2n) is 5.99. The third kappa shape index (κ3) is 5.11. The summed E-state index contributed by atoms with van der Waals surface area (Å²) < 4.78 is 0. The zero-order chi connectivity index (χ0) is 13.9. The molecule has 1 saturated heterocycles. The molecule has 1 N–H and O–H groups in total. The fraction of sp³-hybridized carbons (Fsp3) is 0.600. The van der Waals surface area contributed by atoms with Gasteiger partial charge in [-0.3, -0.25) is 9.80 Å². The predicted molar refractivity (Wildman–Crippen MR) is 79.5 cm³/mol. The van der Waals surface area contributed by atoms with Crippen LogP contribution in [-0.2, 0) is 6.54 Å². The van der Waals surface area contributed by atoms with E-state index < -0.39 is 5.60 Å². The van der Waals surface area contributed by atoms with Gasteiger partial charge in [0.15, 0.2) is 0 Å². The van der Waals surface area contributed by atoms with Gasteiger partial charge in [0.1, 0.15) is 0 Å². The third-order valence-electron chi connectivity index (χ3n) is 3.37. The zero-order valence-electron chi connectivity index (χ0n) is 11.8. The van der Waals surface area contributed by atoms with E-state index in [4.69, 9.17) is 11.6 Å². The smallest absolute Gasteiger partial charge is 0.0718 e. The van der Waals surface area contributed by atoms with Crippen LogP contribution in [0.15, 0.2) is 24.3 Å². The Labute approximate surface area is 120 Å². The van der Waals surface area contributed by atoms with E-state index in [9.17, 15) is 5.11 Å². The zero-order valence-corrected chi connectivity index (χ0v) is 12.5. The minimum absolute atomic E-state index is 0.602. The molecule has 0 atom stereocenters. The topological polar surface area (TPSA) is 26.7 Å². The van der Waals surface area contributed by atoms with Crippen LogP contribution in [0, 0.1) is 0 Å². The first-order valence-electron chi connectivity index (χ1n) is 6.84. The van der Waals surface area contributed by atoms with Gasteiger partial charge >= 0.3 is 0 Å². The molecule has 1 heterocycles. The maximum atomic E-state index is 9.83. The Balaban J connectivity index is 1.80. The molecule has 19 heavy (non-hydrogen) atoms. The molecule has 0 bridgehead atoms. The summed E-state index contributed by atoms with van der Waals surface area (Å²) in [4.78, 5) is 4.76. The van der Waals surface area contributed by atoms with Gasteiger partial charge in [-0.1, -0.05) is 23.7 Å². The molecule has 0 aliphatic carbocycles. The standard InChI is InChI=1S/C15H23ClN2O/c1-15(2,19)12-18-8-6-17(7-9-18)11-13-4-3-5-14(16)10-13/h3-5,10,19H,6-9,11-12H2,1-2H3. The summed E-state index contributed by atoms with van der Waals surface area (Å²) in [5.41, 5.74) is 0.665. The number of nitrogens with zero attached hydrogens (tertiary/aromatic N) is 2. The van der Waals surface area contributed by atoms with Crippen molar-refractivity contribution in [2.24, 2.45) is 0 Å². The minimum atomic E-state index is -0.602. The minimum Gasteiger partial charge on any atom is -0.389 e. The molecule has 106 valence electrons. The second-order valence-corrected chi connectivity index (χ2v) is 6.43. The molecule has 0 unspecified atom stereocenters. The molecule has 0 saturated carbocycles. The fourth-order valence-electron chi connectivity index (χ4n) is 2.55. The van der Waals surface area contributed by atoms with Gasteiger partial charge < -0.3 is 5.11 Å². The highest BCUT2D eigenvalue weighted by molar-refractivity contribution is 6.30. The number of halogens is 1. The highest BCUT2D eigenvalue weighted by Gasteiger charge is 2.22. The van der Waals surface area contributed by atoms with E-state index in [0.29, 0.717) is 0 Å². The normalized spacial score (nSPS) is 18.7. The molecule has 0 radical (unpaired) electrons. The summed E-state index contributed by atoms with van der Waals surface area (Å²) in [5, 5.41) is 10.6. The molecule has 1 aromatic carbocycles. The number of β-amino-alcohol motifs (C(OH)–C–C–N with tert-alkyl or cyclic N) is 1. The Bertz CT molecular complexity index is 409. The quantitative estimate of drug-likeness (QED) is 0.917. The Morgan fingerprint density at radius 2 is 1.79 bits per heavy atom. The molecule has 0 aromatic heterocycles. The SMILES string of the molecule is CC(C)(O)CN1CCN(Cc2cccc(Cl)c2)CC1. The Kier molecular flexibility index (Phi) is 4.85. The van der Waals surface area contributed by atoms with E-state index in [1.54, 1.807) is 0 Å². The lowest BCUT2D eigenvalue weighted by Gasteiger charge is -2.37. The van der Waals surface area contributed by atoms with Crippen molar-refractivity contribution in [2.75, 3.05) is 32.7 Å². The summed E-state index contributed by atoms with van der Waals surface area (Å²) >= 11 is 6.00. The number of hydrogen-bond acceptors (Lipinski definition) is 3. The molecule has 0 spiro atoms. The first-order chi connectivity index (χ1) is 8.92. The monoisotopic (exact) mass is 282 g/mol. The van der Waals surface area contributed by atoms with Crippen LogP contribution in [0.3, 0.4) is 0 Å². The van der Waals surface area contributed by atoms with E-state index in [1.165, 1.54) is 5.56 Å². The van der Waals surface area contributed by atoms with Crippen molar-refractivity contribution in [1.29, 1.82) is 0 Å². The number of aliphatic hydroxyl groups is 1. The average Bonchev–Trinajstić information content (AvgIpc) is 2.30. The lowest BCUT2D eigenvalue weighted by atomic mass is 10.1. The highest BCUT2D eigenvalue weighted by Crippen LogP contribution is 2.14. The summed E-state index contributed by atoms with van der Waals surface area (Å²) in [5.74, 6) is 0. The lowest BCUT2D eigenvalue weighted by Crippen LogP contribution is -2.50. The van der Waals surface area contributed by atoms with Gasteiger partial charge in [0, 0.05) is 44.3 Å². The third-order valence-corrected chi connectivity index (χ3v) is 3.61. The molecule has 1 fully saturated rings. The van der Waals surface area contributed by atoms with Crippen LogP contribution in [0.2, 0.25) is 5.02 Å². The molecule has 1 aliphatic heterocycles. The fourth-order valence-corrected chi connectivity index (χ4v) is 2.76. The molecule has 0 amide bonds. The molecular formula is C15H23ClN2O. The van der Waals surface area contributed by atoms with Crippen molar-refractivity contribution in [1.82, 2.24) is 9.80 Å². The van der Waals surface area contributed by atoms with Crippen LogP contribution in [0.5, 0.6) is 0 Å². The summed E-state index contributed by atoms with van der Waals surface area (Å²) in [6, 6.07) is 8.06. The van der Waals surface area contributed by atoms with Crippen LogP contribution >= 0.6 is 11.6 Å². The van der Waals surface area contributed by atoms with Gasteiger partial charge in [-0.25, -0.2) is 0 Å². The largest absolute Gasteiger partial charge is 0.389 e. The first kappa shape index (κ1) is 14.8. The number of piperazine rings is 1. The van der Waals surface area contributed by atoms with Crippen LogP contribution in [0.25, 0.3) is 0 Å². The van der Waals surface area contributed by atoms with Crippen molar-refractivity contribution < 1.29 is 5.11 Å². The van der Waals surface area contributed by atoms with Crippen molar-refractivity contribution >= 4 is 11.6 Å². The predicted octanol–water partition coefficient (Wildman–Crippen LogP) is 2.23. The van der Waals surface area contributed by atoms with Gasteiger partial charge in [0.2, 0.25) is 0 Å². The number of rotatable bonds is 4. The molecule has 3 nitrogen and oxygen atoms in total. The van der Waals surface area contributed by atoms with Crippen molar-refractivity contribution in [3.63, 3.8) is 0 Å². The Morgan fingerprint density at radius 1 is 1.16 bits per heavy atom. The Hall–Kier alpha value is -0.610. The van der Waals surface area contributed by atoms with E-state index in [0.717, 1.165) is 44.3 Å². The van der Waals surface area contributed by atoms with Crippen molar-refractivity contribution in [3.8, 4) is 0 Å². The van der Waals surface area contributed by atoms with Crippen LogP contribution in [0.1, 0.15) is 19.4 Å². The molecule has 2 rings (SSSR count). The van der Waals surface area contributed by atoms with Crippen molar-refractivity contribution in [2.45, 2.75) is 26.0 Å². The second kappa shape index (κ2) is 6.23. The van der Waals surface area contributed by atoms with Crippen molar-refractivity contribution in [3.05, 3.63) is 34.9 Å². The highest BCUT2D eigenvalue weighted by atomic mass is 35.5. The Morgan fingerprint density at radius 3 is 2.37 bits per heavy atom. The summed E-state index contributed by atoms with van der Waals surface area (Å²) in [7, 11) is 0. The van der Waals surface area contributed by atoms with Crippen LogP contribution in [0.4, 0.5) is 0 Å². The number of hydrogen-bond donors (Lipinski definition) is 1. The van der Waals surface area contributed by atoms with Crippen LogP contribution < -0.4 is 0 Å². The van der Waals surface area contributed by atoms with Gasteiger partial charge in [-0.05, 0) is 31.5 Å².